The average molecular weight is 482 g/mol. The molecule has 0 aliphatic rings. The summed E-state index contributed by atoms with van der Waals surface area (Å²) in [6.45, 7) is 8.64. The van der Waals surface area contributed by atoms with Gasteiger partial charge in [0.2, 0.25) is 0 Å². The Balaban J connectivity index is 1.39. The molecule has 0 aliphatic carbocycles. The molecule has 33 heavy (non-hydrogen) atoms. The number of anilines is 2. The summed E-state index contributed by atoms with van der Waals surface area (Å²) in [5, 5.41) is 10.1. The van der Waals surface area contributed by atoms with E-state index in [-0.39, 0.29) is 0 Å². The van der Waals surface area contributed by atoms with Crippen molar-refractivity contribution in [2.45, 2.75) is 39.0 Å². The number of rotatable bonds is 10. The number of halogens is 1. The van der Waals surface area contributed by atoms with Crippen LogP contribution in [0.2, 0.25) is 30.8 Å². The second-order valence-electron chi connectivity index (χ2n) is 9.00. The van der Waals surface area contributed by atoms with Gasteiger partial charge in [0.15, 0.2) is 0 Å². The predicted octanol–water partition coefficient (Wildman–Crippen LogP) is 6.11. The molecule has 0 atom stereocenters. The lowest BCUT2D eigenvalue weighted by molar-refractivity contribution is 0.0739. The summed E-state index contributed by atoms with van der Waals surface area (Å²) >= 11 is 5.87. The molecule has 0 bridgehead atoms. The van der Waals surface area contributed by atoms with Gasteiger partial charge in [0.25, 0.3) is 0 Å². The highest BCUT2D eigenvalue weighted by Gasteiger charge is 2.12. The van der Waals surface area contributed by atoms with E-state index in [9.17, 15) is 0 Å². The number of fused-ring (bicyclic) bond motifs is 1. The van der Waals surface area contributed by atoms with Gasteiger partial charge < -0.3 is 14.8 Å². The largest absolute Gasteiger partial charge is 0.487 e. The number of hydrogen-bond donors (Lipinski definition) is 1. The Morgan fingerprint density at radius 3 is 2.70 bits per heavy atom. The summed E-state index contributed by atoms with van der Waals surface area (Å²) in [4.78, 5) is 8.57. The van der Waals surface area contributed by atoms with Crippen molar-refractivity contribution in [1.82, 2.24) is 19.7 Å². The quantitative estimate of drug-likeness (QED) is 0.167. The van der Waals surface area contributed by atoms with Crippen molar-refractivity contribution in [2.75, 3.05) is 11.9 Å². The third kappa shape index (κ3) is 6.53. The fraction of sp³-hybridized carbons (Fsp3) is 0.292. The number of nitrogens with one attached hydrogen (secondary N) is 1. The van der Waals surface area contributed by atoms with Gasteiger partial charge in [0.1, 0.15) is 30.1 Å². The minimum absolute atomic E-state index is 0.412. The van der Waals surface area contributed by atoms with Crippen LogP contribution in [0, 0.1) is 0 Å². The Kier molecular flexibility index (Phi) is 7.27. The minimum atomic E-state index is -1.10. The van der Waals surface area contributed by atoms with Gasteiger partial charge in [-0.15, -0.1) is 0 Å². The van der Waals surface area contributed by atoms with Crippen LogP contribution in [0.3, 0.4) is 0 Å². The molecule has 172 valence electrons. The van der Waals surface area contributed by atoms with Gasteiger partial charge >= 0.3 is 0 Å². The first-order valence-corrected chi connectivity index (χ1v) is 14.9. The maximum absolute atomic E-state index is 6.06. The molecule has 9 heteroatoms. The molecule has 0 saturated heterocycles. The molecule has 0 amide bonds. The van der Waals surface area contributed by atoms with Gasteiger partial charge in [-0.05, 0) is 53.9 Å². The van der Waals surface area contributed by atoms with Crippen molar-refractivity contribution < 1.29 is 9.47 Å². The van der Waals surface area contributed by atoms with Crippen LogP contribution in [-0.2, 0) is 18.1 Å². The maximum Gasteiger partial charge on any atom is 0.139 e. The summed E-state index contributed by atoms with van der Waals surface area (Å²) < 4.78 is 13.7. The van der Waals surface area contributed by atoms with E-state index in [4.69, 9.17) is 21.1 Å². The van der Waals surface area contributed by atoms with E-state index in [1.54, 1.807) is 24.7 Å². The van der Waals surface area contributed by atoms with E-state index >= 15 is 0 Å². The van der Waals surface area contributed by atoms with Crippen molar-refractivity contribution in [2.24, 2.45) is 0 Å². The predicted molar refractivity (Wildman–Crippen MR) is 135 cm³/mol. The molecule has 3 heterocycles. The van der Waals surface area contributed by atoms with Crippen LogP contribution < -0.4 is 10.1 Å². The van der Waals surface area contributed by atoms with E-state index in [0.29, 0.717) is 18.5 Å². The Morgan fingerprint density at radius 2 is 1.91 bits per heavy atom. The first kappa shape index (κ1) is 23.2. The monoisotopic (exact) mass is 481 g/mol. The molecule has 0 fully saturated rings. The molecule has 0 spiro atoms. The number of pyridine rings is 2. The topological polar surface area (TPSA) is 74.1 Å². The molecule has 0 saturated carbocycles. The number of benzene rings is 1. The molecular formula is C24H28ClN5O2Si. The van der Waals surface area contributed by atoms with Crippen LogP contribution in [0.4, 0.5) is 11.5 Å². The van der Waals surface area contributed by atoms with E-state index in [0.717, 1.165) is 46.4 Å². The Bertz CT molecular complexity index is 1210. The number of hydrogen-bond acceptors (Lipinski definition) is 6. The molecule has 1 aromatic carbocycles. The molecule has 1 N–H and O–H groups in total. The van der Waals surface area contributed by atoms with E-state index in [2.05, 4.69) is 40.0 Å². The van der Waals surface area contributed by atoms with Crippen molar-refractivity contribution in [3.63, 3.8) is 0 Å². The van der Waals surface area contributed by atoms with Crippen LogP contribution in [0.5, 0.6) is 5.75 Å². The normalized spacial score (nSPS) is 11.6. The van der Waals surface area contributed by atoms with E-state index < -0.39 is 8.07 Å². The molecule has 4 aromatic rings. The lowest BCUT2D eigenvalue weighted by Crippen LogP contribution is -2.22. The van der Waals surface area contributed by atoms with Gasteiger partial charge in [0, 0.05) is 32.5 Å². The molecule has 7 nitrogen and oxygen atoms in total. The number of nitrogens with zero attached hydrogens (tertiary/aromatic N) is 4. The lowest BCUT2D eigenvalue weighted by atomic mass is 10.1. The van der Waals surface area contributed by atoms with Crippen molar-refractivity contribution >= 4 is 42.0 Å². The fourth-order valence-electron chi connectivity index (χ4n) is 3.22. The van der Waals surface area contributed by atoms with E-state index in [1.807, 2.05) is 41.1 Å². The van der Waals surface area contributed by atoms with Crippen LogP contribution in [0.25, 0.3) is 10.8 Å². The first-order valence-electron chi connectivity index (χ1n) is 10.9. The molecule has 3 aromatic heterocycles. The van der Waals surface area contributed by atoms with Gasteiger partial charge in [-0.3, -0.25) is 0 Å². The average Bonchev–Trinajstić information content (AvgIpc) is 3.23. The van der Waals surface area contributed by atoms with Crippen molar-refractivity contribution in [1.29, 1.82) is 0 Å². The molecular weight excluding hydrogens is 454 g/mol. The highest BCUT2D eigenvalue weighted by Crippen LogP contribution is 2.28. The summed E-state index contributed by atoms with van der Waals surface area (Å²) in [6.07, 6.45) is 5.22. The van der Waals surface area contributed by atoms with Gasteiger partial charge in [-0.2, -0.15) is 5.10 Å². The van der Waals surface area contributed by atoms with Crippen LogP contribution in [-0.4, -0.2) is 34.4 Å². The Morgan fingerprint density at radius 1 is 1.03 bits per heavy atom. The fourth-order valence-corrected chi connectivity index (χ4v) is 4.09. The Labute approximate surface area is 199 Å². The number of ether oxygens (including phenoxy) is 2. The van der Waals surface area contributed by atoms with Gasteiger partial charge in [-0.1, -0.05) is 31.2 Å². The summed E-state index contributed by atoms with van der Waals surface area (Å²) in [5.74, 6) is 1.52. The Hall–Kier alpha value is -2.94. The summed E-state index contributed by atoms with van der Waals surface area (Å²) in [5.41, 5.74) is 1.79. The molecule has 0 unspecified atom stereocenters. The standard InChI is InChI=1S/C24H28ClN5O2Si/c1-33(2,3)13-12-31-17-30-20(9-11-28-30)16-32-21-5-6-22-18(14-21)8-10-26-24(22)29-19-4-7-23(25)27-15-19/h4-11,14-15H,12-13,16-17H2,1-3H3,(H,26,29). The molecule has 0 radical (unpaired) electrons. The first-order chi connectivity index (χ1) is 15.9. The zero-order valence-electron chi connectivity index (χ0n) is 19.1. The van der Waals surface area contributed by atoms with Crippen molar-refractivity contribution in [3.8, 4) is 5.75 Å². The smallest absolute Gasteiger partial charge is 0.139 e. The zero-order chi connectivity index (χ0) is 23.3. The van der Waals surface area contributed by atoms with Crippen molar-refractivity contribution in [3.05, 3.63) is 71.9 Å². The van der Waals surface area contributed by atoms with Gasteiger partial charge in [0.05, 0.1) is 17.6 Å². The van der Waals surface area contributed by atoms with Gasteiger partial charge in [-0.25, -0.2) is 14.6 Å². The van der Waals surface area contributed by atoms with E-state index in [1.165, 1.54) is 0 Å². The highest BCUT2D eigenvalue weighted by molar-refractivity contribution is 6.76. The second-order valence-corrected chi connectivity index (χ2v) is 15.0. The molecule has 4 rings (SSSR count). The lowest BCUT2D eigenvalue weighted by Gasteiger charge is -2.16. The summed E-state index contributed by atoms with van der Waals surface area (Å²) in [7, 11) is -1.10. The number of aromatic nitrogens is 4. The SMILES string of the molecule is C[Si](C)(C)CCOCn1nccc1COc1ccc2c(Nc3ccc(Cl)nc3)nccc2c1. The third-order valence-corrected chi connectivity index (χ3v) is 7.05. The zero-order valence-corrected chi connectivity index (χ0v) is 20.8. The van der Waals surface area contributed by atoms with Crippen LogP contribution in [0.1, 0.15) is 5.69 Å². The second kappa shape index (κ2) is 10.3. The minimum Gasteiger partial charge on any atom is -0.487 e. The van der Waals surface area contributed by atoms with Crippen LogP contribution in [0.15, 0.2) is 61.1 Å². The highest BCUT2D eigenvalue weighted by atomic mass is 35.5. The summed E-state index contributed by atoms with van der Waals surface area (Å²) in [6, 6.07) is 14.6. The maximum atomic E-state index is 6.06. The van der Waals surface area contributed by atoms with Crippen LogP contribution >= 0.6 is 11.6 Å². The third-order valence-electron chi connectivity index (χ3n) is 5.13. The molecule has 0 aliphatic heterocycles.